The first kappa shape index (κ1) is 19.8. The molecule has 0 aliphatic rings. The average molecular weight is 296 g/mol. The topological polar surface area (TPSA) is 57.5 Å². The van der Waals surface area contributed by atoms with Crippen LogP contribution in [0.2, 0.25) is 0 Å². The van der Waals surface area contributed by atoms with Gasteiger partial charge in [0.2, 0.25) is 0 Å². The number of unbranched alkanes of at least 4 members (excludes halogenated alkanes) is 8. The Kier molecular flexibility index (Phi) is 14.2. The van der Waals surface area contributed by atoms with Crippen LogP contribution < -0.4 is 0 Å². The molecule has 0 aliphatic carbocycles. The predicted octanol–water partition coefficient (Wildman–Crippen LogP) is 5.77. The smallest absolute Gasteiger partial charge is 0.303 e. The van der Waals surface area contributed by atoms with E-state index < -0.39 is 5.97 Å². The van der Waals surface area contributed by atoms with Crippen LogP contribution in [-0.2, 0) is 4.79 Å². The number of carboxylic acid groups (broad SMARTS) is 1. The molecule has 0 atom stereocenters. The molecule has 0 amide bonds. The van der Waals surface area contributed by atoms with Crippen molar-refractivity contribution < 1.29 is 15.0 Å². The highest BCUT2D eigenvalue weighted by Gasteiger charge is 1.96. The van der Waals surface area contributed by atoms with Gasteiger partial charge in [-0.25, -0.2) is 0 Å². The Bertz CT molecular complexity index is 306. The Labute approximate surface area is 129 Å². The SMILES string of the molecule is CCCCC/C(O)=C/C=C/CCCCCCCCC(=O)O. The zero-order valence-corrected chi connectivity index (χ0v) is 13.5. The molecule has 21 heavy (non-hydrogen) atoms. The number of allylic oxidation sites excluding steroid dienone is 4. The van der Waals surface area contributed by atoms with Crippen LogP contribution in [0.15, 0.2) is 24.0 Å². The molecule has 0 aromatic carbocycles. The third kappa shape index (κ3) is 16.7. The zero-order chi connectivity index (χ0) is 15.8. The minimum atomic E-state index is -0.689. The molecule has 0 aliphatic heterocycles. The van der Waals surface area contributed by atoms with E-state index in [0.717, 1.165) is 38.5 Å². The van der Waals surface area contributed by atoms with Crippen LogP contribution in [0, 0.1) is 0 Å². The molecule has 0 saturated heterocycles. The number of aliphatic hydroxyl groups excluding tert-OH is 1. The van der Waals surface area contributed by atoms with Gasteiger partial charge in [0.05, 0.1) is 5.76 Å². The van der Waals surface area contributed by atoms with E-state index in [1.165, 1.54) is 32.1 Å². The molecule has 0 heterocycles. The van der Waals surface area contributed by atoms with Crippen LogP contribution in [0.1, 0.15) is 84.0 Å². The summed E-state index contributed by atoms with van der Waals surface area (Å²) in [6, 6.07) is 0. The number of aliphatic carboxylic acids is 1. The van der Waals surface area contributed by atoms with Crippen LogP contribution >= 0.6 is 0 Å². The van der Waals surface area contributed by atoms with Crippen molar-refractivity contribution in [2.24, 2.45) is 0 Å². The molecule has 2 N–H and O–H groups in total. The van der Waals surface area contributed by atoms with Crippen LogP contribution in [-0.4, -0.2) is 16.2 Å². The average Bonchev–Trinajstić information content (AvgIpc) is 2.44. The quantitative estimate of drug-likeness (QED) is 0.243. The van der Waals surface area contributed by atoms with Crippen LogP contribution in [0.4, 0.5) is 0 Å². The zero-order valence-electron chi connectivity index (χ0n) is 13.5. The summed E-state index contributed by atoms with van der Waals surface area (Å²) in [5.74, 6) is -0.204. The van der Waals surface area contributed by atoms with Gasteiger partial charge >= 0.3 is 5.97 Å². The first-order valence-electron chi connectivity index (χ1n) is 8.43. The molecule has 0 aromatic rings. The van der Waals surface area contributed by atoms with Crippen molar-refractivity contribution in [1.29, 1.82) is 0 Å². The fraction of sp³-hybridized carbons (Fsp3) is 0.722. The molecular formula is C18H32O3. The third-order valence-corrected chi connectivity index (χ3v) is 3.47. The standard InChI is InChI=1S/C18H32O3/c1-2-3-11-14-17(19)15-12-9-7-5-4-6-8-10-13-16-18(20)21/h9,12,15,19H,2-8,10-11,13-14,16H2,1H3,(H,20,21)/b12-9+,17-15-. The molecule has 0 aromatic heterocycles. The Balaban J connectivity index is 3.35. The van der Waals surface area contributed by atoms with Gasteiger partial charge in [0, 0.05) is 12.8 Å². The lowest BCUT2D eigenvalue weighted by molar-refractivity contribution is -0.137. The van der Waals surface area contributed by atoms with Gasteiger partial charge in [-0.05, 0) is 31.8 Å². The molecule has 0 spiro atoms. The van der Waals surface area contributed by atoms with Crippen LogP contribution in [0.25, 0.3) is 0 Å². The van der Waals surface area contributed by atoms with E-state index in [4.69, 9.17) is 5.11 Å². The van der Waals surface area contributed by atoms with Gasteiger partial charge in [0.1, 0.15) is 0 Å². The van der Waals surface area contributed by atoms with Gasteiger partial charge in [0.25, 0.3) is 0 Å². The van der Waals surface area contributed by atoms with E-state index in [1.54, 1.807) is 0 Å². The summed E-state index contributed by atoms with van der Waals surface area (Å²) in [6.07, 6.45) is 17.9. The Hall–Kier alpha value is -1.25. The van der Waals surface area contributed by atoms with Crippen molar-refractivity contribution in [2.75, 3.05) is 0 Å². The first-order valence-corrected chi connectivity index (χ1v) is 8.43. The van der Waals surface area contributed by atoms with Crippen molar-refractivity contribution in [3.05, 3.63) is 24.0 Å². The number of rotatable bonds is 14. The maximum absolute atomic E-state index is 10.3. The molecule has 3 nitrogen and oxygen atoms in total. The summed E-state index contributed by atoms with van der Waals surface area (Å²) in [5, 5.41) is 18.1. The van der Waals surface area contributed by atoms with Crippen molar-refractivity contribution in [1.82, 2.24) is 0 Å². The summed E-state index contributed by atoms with van der Waals surface area (Å²) < 4.78 is 0. The van der Waals surface area contributed by atoms with Gasteiger partial charge in [-0.15, -0.1) is 0 Å². The van der Waals surface area contributed by atoms with Crippen LogP contribution in [0.5, 0.6) is 0 Å². The Morgan fingerprint density at radius 2 is 1.48 bits per heavy atom. The van der Waals surface area contributed by atoms with E-state index >= 15 is 0 Å². The Morgan fingerprint density at radius 3 is 2.14 bits per heavy atom. The van der Waals surface area contributed by atoms with E-state index in [2.05, 4.69) is 13.0 Å². The molecule has 0 radical (unpaired) electrons. The summed E-state index contributed by atoms with van der Waals surface area (Å²) in [6.45, 7) is 2.16. The molecule has 0 fully saturated rings. The highest BCUT2D eigenvalue weighted by atomic mass is 16.4. The molecule has 0 saturated carbocycles. The maximum Gasteiger partial charge on any atom is 0.303 e. The first-order chi connectivity index (χ1) is 10.2. The van der Waals surface area contributed by atoms with Gasteiger partial charge in [-0.3, -0.25) is 4.79 Å². The maximum atomic E-state index is 10.3. The largest absolute Gasteiger partial charge is 0.512 e. The molecule has 0 unspecified atom stereocenters. The van der Waals surface area contributed by atoms with Crippen LogP contribution in [0.3, 0.4) is 0 Å². The fourth-order valence-corrected chi connectivity index (χ4v) is 2.16. The minimum Gasteiger partial charge on any atom is -0.512 e. The van der Waals surface area contributed by atoms with E-state index in [0.29, 0.717) is 12.2 Å². The van der Waals surface area contributed by atoms with Crippen molar-refractivity contribution in [3.63, 3.8) is 0 Å². The molecule has 0 rings (SSSR count). The van der Waals surface area contributed by atoms with E-state index in [1.807, 2.05) is 12.2 Å². The molecule has 3 heteroatoms. The lowest BCUT2D eigenvalue weighted by Crippen LogP contribution is -1.93. The second-order valence-electron chi connectivity index (χ2n) is 5.60. The number of carbonyl (C=O) groups is 1. The van der Waals surface area contributed by atoms with Crippen molar-refractivity contribution in [3.8, 4) is 0 Å². The summed E-state index contributed by atoms with van der Waals surface area (Å²) in [5.41, 5.74) is 0. The number of hydrogen-bond acceptors (Lipinski definition) is 2. The van der Waals surface area contributed by atoms with E-state index in [-0.39, 0.29) is 0 Å². The van der Waals surface area contributed by atoms with Crippen molar-refractivity contribution >= 4 is 5.97 Å². The second kappa shape index (κ2) is 15.1. The van der Waals surface area contributed by atoms with Gasteiger partial charge in [0.15, 0.2) is 0 Å². The molecule has 122 valence electrons. The summed E-state index contributed by atoms with van der Waals surface area (Å²) in [7, 11) is 0. The monoisotopic (exact) mass is 296 g/mol. The fourth-order valence-electron chi connectivity index (χ4n) is 2.16. The molecule has 0 bridgehead atoms. The summed E-state index contributed by atoms with van der Waals surface area (Å²) >= 11 is 0. The minimum absolute atomic E-state index is 0.302. The normalized spacial score (nSPS) is 12.1. The number of hydrogen-bond donors (Lipinski definition) is 2. The van der Waals surface area contributed by atoms with E-state index in [9.17, 15) is 9.90 Å². The van der Waals surface area contributed by atoms with Gasteiger partial charge in [-0.2, -0.15) is 0 Å². The van der Waals surface area contributed by atoms with Gasteiger partial charge < -0.3 is 10.2 Å². The number of carboxylic acids is 1. The van der Waals surface area contributed by atoms with Crippen molar-refractivity contribution in [2.45, 2.75) is 84.0 Å². The lowest BCUT2D eigenvalue weighted by atomic mass is 10.1. The summed E-state index contributed by atoms with van der Waals surface area (Å²) in [4.78, 5) is 10.3. The predicted molar refractivity (Wildman–Crippen MR) is 88.6 cm³/mol. The second-order valence-corrected chi connectivity index (χ2v) is 5.60. The lowest BCUT2D eigenvalue weighted by Gasteiger charge is -1.99. The third-order valence-electron chi connectivity index (χ3n) is 3.47. The number of aliphatic hydroxyl groups is 1. The van der Waals surface area contributed by atoms with Gasteiger partial charge in [-0.1, -0.05) is 57.6 Å². The highest BCUT2D eigenvalue weighted by molar-refractivity contribution is 5.66. The highest BCUT2D eigenvalue weighted by Crippen LogP contribution is 2.09. The molecular weight excluding hydrogens is 264 g/mol. The Morgan fingerprint density at radius 1 is 0.857 bits per heavy atom.